The third kappa shape index (κ3) is 3.03. The van der Waals surface area contributed by atoms with Crippen molar-refractivity contribution < 1.29 is 4.74 Å². The van der Waals surface area contributed by atoms with Crippen LogP contribution in [-0.2, 0) is 4.74 Å². The predicted molar refractivity (Wildman–Crippen MR) is 77.2 cm³/mol. The van der Waals surface area contributed by atoms with Gasteiger partial charge in [0.25, 0.3) is 0 Å². The van der Waals surface area contributed by atoms with Crippen LogP contribution in [0.1, 0.15) is 44.2 Å². The Morgan fingerprint density at radius 3 is 2.89 bits per heavy atom. The van der Waals surface area contributed by atoms with Crippen LogP contribution in [0.4, 0.5) is 5.82 Å². The molecule has 1 aliphatic heterocycles. The summed E-state index contributed by atoms with van der Waals surface area (Å²) in [5.74, 6) is 0.567. The third-order valence-corrected chi connectivity index (χ3v) is 5.22. The van der Waals surface area contributed by atoms with E-state index in [-0.39, 0.29) is 5.60 Å². The van der Waals surface area contributed by atoms with Gasteiger partial charge in [0.05, 0.1) is 5.60 Å². The Balaban J connectivity index is 1.69. The highest BCUT2D eigenvalue weighted by Crippen LogP contribution is 2.43. The Morgan fingerprint density at radius 1 is 1.37 bits per heavy atom. The summed E-state index contributed by atoms with van der Waals surface area (Å²) in [5.41, 5.74) is 6.89. The van der Waals surface area contributed by atoms with Gasteiger partial charge >= 0.3 is 0 Å². The van der Waals surface area contributed by atoms with Crippen LogP contribution in [0.5, 0.6) is 0 Å². The van der Waals surface area contributed by atoms with Crippen molar-refractivity contribution in [3.8, 4) is 0 Å². The van der Waals surface area contributed by atoms with Crippen molar-refractivity contribution in [1.82, 2.24) is 9.97 Å². The van der Waals surface area contributed by atoms with E-state index in [4.69, 9.17) is 10.5 Å². The number of aryl methyl sites for hydroxylation is 1. The molecule has 2 heterocycles. The van der Waals surface area contributed by atoms with Gasteiger partial charge in [-0.1, -0.05) is 24.6 Å². The fraction of sp³-hybridized carbons (Fsp3) is 0.714. The van der Waals surface area contributed by atoms with E-state index in [9.17, 15) is 0 Å². The average molecular weight is 279 g/mol. The molecule has 4 nitrogen and oxygen atoms in total. The van der Waals surface area contributed by atoms with Crippen LogP contribution in [-0.4, -0.2) is 27.4 Å². The standard InChI is InChI=1S/C14H21N3OS/c1-10-8-12(15)17-13(16-10)19-11-4-7-18-14(9-11)5-2-3-6-14/h8,11H,2-7,9H2,1H3,(H2,15,16,17). The van der Waals surface area contributed by atoms with Crippen molar-refractivity contribution in [2.75, 3.05) is 12.3 Å². The van der Waals surface area contributed by atoms with Gasteiger partial charge in [-0.25, -0.2) is 9.97 Å². The number of aromatic nitrogens is 2. The first-order valence-corrected chi connectivity index (χ1v) is 7.95. The Bertz CT molecular complexity index is 440. The first-order chi connectivity index (χ1) is 9.15. The van der Waals surface area contributed by atoms with Gasteiger partial charge in [-0.2, -0.15) is 0 Å². The van der Waals surface area contributed by atoms with E-state index < -0.39 is 0 Å². The highest BCUT2D eigenvalue weighted by atomic mass is 32.2. The Kier molecular flexibility index (Phi) is 3.67. The second-order valence-electron chi connectivity index (χ2n) is 5.69. The van der Waals surface area contributed by atoms with Gasteiger partial charge in [-0.05, 0) is 32.6 Å². The molecule has 1 atom stereocenters. The number of ether oxygens (including phenoxy) is 1. The van der Waals surface area contributed by atoms with E-state index in [2.05, 4.69) is 9.97 Å². The van der Waals surface area contributed by atoms with E-state index in [1.807, 2.05) is 13.0 Å². The van der Waals surface area contributed by atoms with E-state index >= 15 is 0 Å². The first kappa shape index (κ1) is 13.2. The molecule has 3 rings (SSSR count). The minimum Gasteiger partial charge on any atom is -0.384 e. The molecule has 0 radical (unpaired) electrons. The lowest BCUT2D eigenvalue weighted by Crippen LogP contribution is -2.38. The SMILES string of the molecule is Cc1cc(N)nc(SC2CCOC3(CCCC3)C2)n1. The second kappa shape index (κ2) is 5.29. The van der Waals surface area contributed by atoms with Gasteiger partial charge in [0.2, 0.25) is 0 Å². The summed E-state index contributed by atoms with van der Waals surface area (Å²) in [6.45, 7) is 2.84. The molecule has 104 valence electrons. The molecule has 5 heteroatoms. The van der Waals surface area contributed by atoms with Crippen molar-refractivity contribution in [2.45, 2.75) is 61.5 Å². The number of anilines is 1. The van der Waals surface area contributed by atoms with Crippen LogP contribution in [0.3, 0.4) is 0 Å². The van der Waals surface area contributed by atoms with Gasteiger partial charge in [0.1, 0.15) is 5.82 Å². The lowest BCUT2D eigenvalue weighted by molar-refractivity contribution is -0.0704. The van der Waals surface area contributed by atoms with Crippen molar-refractivity contribution in [1.29, 1.82) is 0 Å². The zero-order chi connectivity index (χ0) is 13.3. The number of nitrogens with two attached hydrogens (primary N) is 1. The monoisotopic (exact) mass is 279 g/mol. The van der Waals surface area contributed by atoms with Crippen molar-refractivity contribution in [2.24, 2.45) is 0 Å². The molecule has 2 aliphatic rings. The quantitative estimate of drug-likeness (QED) is 0.843. The van der Waals surface area contributed by atoms with E-state index in [1.165, 1.54) is 25.7 Å². The summed E-state index contributed by atoms with van der Waals surface area (Å²) < 4.78 is 6.06. The normalized spacial score (nSPS) is 25.8. The molecule has 0 amide bonds. The maximum Gasteiger partial charge on any atom is 0.189 e. The summed E-state index contributed by atoms with van der Waals surface area (Å²) >= 11 is 1.77. The lowest BCUT2D eigenvalue weighted by atomic mass is 9.92. The maximum absolute atomic E-state index is 6.06. The van der Waals surface area contributed by atoms with Crippen molar-refractivity contribution in [3.63, 3.8) is 0 Å². The molecule has 1 saturated heterocycles. The van der Waals surface area contributed by atoms with Crippen molar-refractivity contribution in [3.05, 3.63) is 11.8 Å². The molecule has 19 heavy (non-hydrogen) atoms. The molecule has 2 fully saturated rings. The number of thioether (sulfide) groups is 1. The molecule has 1 saturated carbocycles. The highest BCUT2D eigenvalue weighted by molar-refractivity contribution is 7.99. The summed E-state index contributed by atoms with van der Waals surface area (Å²) in [6, 6.07) is 1.81. The molecule has 0 bridgehead atoms. The zero-order valence-corrected chi connectivity index (χ0v) is 12.2. The van der Waals surface area contributed by atoms with Gasteiger partial charge in [0.15, 0.2) is 5.16 Å². The maximum atomic E-state index is 6.06. The van der Waals surface area contributed by atoms with Gasteiger partial charge < -0.3 is 10.5 Å². The van der Waals surface area contributed by atoms with Crippen LogP contribution in [0.25, 0.3) is 0 Å². The summed E-state index contributed by atoms with van der Waals surface area (Å²) in [5, 5.41) is 1.38. The molecule has 0 aromatic carbocycles. The first-order valence-electron chi connectivity index (χ1n) is 7.07. The molecular weight excluding hydrogens is 258 g/mol. The van der Waals surface area contributed by atoms with Crippen LogP contribution >= 0.6 is 11.8 Å². The smallest absolute Gasteiger partial charge is 0.189 e. The highest BCUT2D eigenvalue weighted by Gasteiger charge is 2.40. The predicted octanol–water partition coefficient (Wildman–Crippen LogP) is 2.95. The van der Waals surface area contributed by atoms with Crippen LogP contribution < -0.4 is 5.73 Å². The summed E-state index contributed by atoms with van der Waals surface area (Å²) in [6.07, 6.45) is 7.29. The van der Waals surface area contributed by atoms with E-state index in [1.54, 1.807) is 11.8 Å². The largest absolute Gasteiger partial charge is 0.384 e. The van der Waals surface area contributed by atoms with Crippen LogP contribution in [0, 0.1) is 6.92 Å². The Hall–Kier alpha value is -0.810. The minimum atomic E-state index is 0.158. The third-order valence-electron chi connectivity index (χ3n) is 4.09. The molecule has 1 spiro atoms. The van der Waals surface area contributed by atoms with Crippen LogP contribution in [0.15, 0.2) is 11.2 Å². The number of rotatable bonds is 2. The summed E-state index contributed by atoms with van der Waals surface area (Å²) in [4.78, 5) is 8.81. The fourth-order valence-corrected chi connectivity index (χ4v) is 4.47. The van der Waals surface area contributed by atoms with Crippen LogP contribution in [0.2, 0.25) is 0 Å². The van der Waals surface area contributed by atoms with E-state index in [0.717, 1.165) is 30.3 Å². The van der Waals surface area contributed by atoms with Gasteiger partial charge in [-0.3, -0.25) is 0 Å². The van der Waals surface area contributed by atoms with Gasteiger partial charge in [0, 0.05) is 23.6 Å². The fourth-order valence-electron chi connectivity index (χ4n) is 3.22. The van der Waals surface area contributed by atoms with Crippen molar-refractivity contribution >= 4 is 17.6 Å². The number of nitrogen functional groups attached to an aromatic ring is 1. The topological polar surface area (TPSA) is 61.0 Å². The van der Waals surface area contributed by atoms with Gasteiger partial charge in [-0.15, -0.1) is 0 Å². The molecule has 2 N–H and O–H groups in total. The second-order valence-corrected chi connectivity index (χ2v) is 6.96. The summed E-state index contributed by atoms with van der Waals surface area (Å²) in [7, 11) is 0. The zero-order valence-electron chi connectivity index (χ0n) is 11.4. The number of nitrogens with zero attached hydrogens (tertiary/aromatic N) is 2. The number of hydrogen-bond acceptors (Lipinski definition) is 5. The van der Waals surface area contributed by atoms with E-state index in [0.29, 0.717) is 11.1 Å². The Labute approximate surface area is 118 Å². The molecule has 1 aromatic heterocycles. The number of hydrogen-bond donors (Lipinski definition) is 1. The Morgan fingerprint density at radius 2 is 2.16 bits per heavy atom. The molecule has 1 aliphatic carbocycles. The lowest BCUT2D eigenvalue weighted by Gasteiger charge is -2.37. The molecule has 1 aromatic rings. The average Bonchev–Trinajstić information content (AvgIpc) is 2.76. The molecule has 1 unspecified atom stereocenters. The molecular formula is C14H21N3OS. The minimum absolute atomic E-state index is 0.158.